The lowest BCUT2D eigenvalue weighted by Crippen LogP contribution is -2.49. The van der Waals surface area contributed by atoms with Crippen LogP contribution < -0.4 is 5.32 Å². The lowest BCUT2D eigenvalue weighted by Gasteiger charge is -2.31. The van der Waals surface area contributed by atoms with Gasteiger partial charge in [0.15, 0.2) is 0 Å². The molecule has 114 valence electrons. The molecule has 2 aliphatic heterocycles. The molecule has 2 aliphatic rings. The summed E-state index contributed by atoms with van der Waals surface area (Å²) in [6.07, 6.45) is 3.28. The Hall–Kier alpha value is -1.39. The van der Waals surface area contributed by atoms with Gasteiger partial charge in [-0.1, -0.05) is 30.3 Å². The van der Waals surface area contributed by atoms with Gasteiger partial charge >= 0.3 is 0 Å². The van der Waals surface area contributed by atoms with Crippen molar-refractivity contribution in [2.24, 2.45) is 0 Å². The van der Waals surface area contributed by atoms with Gasteiger partial charge in [0, 0.05) is 38.8 Å². The van der Waals surface area contributed by atoms with E-state index in [1.165, 1.54) is 5.56 Å². The maximum Gasteiger partial charge on any atom is 0.237 e. The molecule has 4 heteroatoms. The Labute approximate surface area is 127 Å². The number of likely N-dealkylation sites (tertiary alicyclic amines) is 1. The second-order valence-corrected chi connectivity index (χ2v) is 6.10. The van der Waals surface area contributed by atoms with Gasteiger partial charge in [0.1, 0.15) is 0 Å². The first-order valence-electron chi connectivity index (χ1n) is 8.09. The van der Waals surface area contributed by atoms with Crippen LogP contribution in [-0.2, 0) is 11.2 Å². The first-order valence-corrected chi connectivity index (χ1v) is 8.09. The van der Waals surface area contributed by atoms with Crippen molar-refractivity contribution in [2.75, 3.05) is 39.3 Å². The van der Waals surface area contributed by atoms with Crippen molar-refractivity contribution in [3.63, 3.8) is 0 Å². The SMILES string of the molecule is O=C(CN1CCNCC1)N1CCCC1Cc1ccccc1. The van der Waals surface area contributed by atoms with Gasteiger partial charge in [0.05, 0.1) is 6.54 Å². The van der Waals surface area contributed by atoms with E-state index in [2.05, 4.69) is 39.4 Å². The van der Waals surface area contributed by atoms with Gasteiger partial charge in [0.25, 0.3) is 0 Å². The molecular weight excluding hydrogens is 262 g/mol. The van der Waals surface area contributed by atoms with Gasteiger partial charge in [-0.05, 0) is 24.8 Å². The Morgan fingerprint density at radius 3 is 2.67 bits per heavy atom. The molecule has 1 atom stereocenters. The number of carbonyl (C=O) groups excluding carboxylic acids is 1. The maximum absolute atomic E-state index is 12.6. The zero-order chi connectivity index (χ0) is 14.5. The number of carbonyl (C=O) groups is 1. The van der Waals surface area contributed by atoms with Crippen LogP contribution in [0.2, 0.25) is 0 Å². The second-order valence-electron chi connectivity index (χ2n) is 6.10. The number of amides is 1. The number of benzene rings is 1. The molecule has 0 radical (unpaired) electrons. The molecule has 0 saturated carbocycles. The van der Waals surface area contributed by atoms with E-state index < -0.39 is 0 Å². The van der Waals surface area contributed by atoms with Gasteiger partial charge in [0.2, 0.25) is 5.91 Å². The molecule has 0 aliphatic carbocycles. The van der Waals surface area contributed by atoms with E-state index >= 15 is 0 Å². The van der Waals surface area contributed by atoms with Crippen molar-refractivity contribution < 1.29 is 4.79 Å². The van der Waals surface area contributed by atoms with Gasteiger partial charge < -0.3 is 10.2 Å². The topological polar surface area (TPSA) is 35.6 Å². The minimum absolute atomic E-state index is 0.315. The Kier molecular flexibility index (Phi) is 4.88. The van der Waals surface area contributed by atoms with E-state index in [0.717, 1.165) is 52.0 Å². The summed E-state index contributed by atoms with van der Waals surface area (Å²) in [5.41, 5.74) is 1.34. The number of hydrogen-bond donors (Lipinski definition) is 1. The highest BCUT2D eigenvalue weighted by atomic mass is 16.2. The minimum Gasteiger partial charge on any atom is -0.338 e. The van der Waals surface area contributed by atoms with Crippen molar-refractivity contribution in [3.8, 4) is 0 Å². The van der Waals surface area contributed by atoms with Crippen LogP contribution in [0.3, 0.4) is 0 Å². The van der Waals surface area contributed by atoms with Crippen molar-refractivity contribution in [1.82, 2.24) is 15.1 Å². The first-order chi connectivity index (χ1) is 10.3. The van der Waals surface area contributed by atoms with E-state index in [-0.39, 0.29) is 0 Å². The maximum atomic E-state index is 12.6. The van der Waals surface area contributed by atoms with Gasteiger partial charge in [-0.2, -0.15) is 0 Å². The van der Waals surface area contributed by atoms with Crippen molar-refractivity contribution in [1.29, 1.82) is 0 Å². The largest absolute Gasteiger partial charge is 0.338 e. The molecule has 3 rings (SSSR count). The average molecular weight is 287 g/mol. The standard InChI is InChI=1S/C17H25N3O/c21-17(14-19-11-8-18-9-12-19)20-10-4-7-16(20)13-15-5-2-1-3-6-15/h1-3,5-6,16,18H,4,7-14H2. The van der Waals surface area contributed by atoms with Crippen LogP contribution >= 0.6 is 0 Å². The fourth-order valence-electron chi connectivity index (χ4n) is 3.41. The molecule has 1 amide bonds. The molecule has 4 nitrogen and oxygen atoms in total. The molecule has 21 heavy (non-hydrogen) atoms. The molecule has 2 saturated heterocycles. The Morgan fingerprint density at radius 1 is 1.14 bits per heavy atom. The smallest absolute Gasteiger partial charge is 0.237 e. The van der Waals surface area contributed by atoms with E-state index in [9.17, 15) is 4.79 Å². The van der Waals surface area contributed by atoms with Crippen LogP contribution in [0.1, 0.15) is 18.4 Å². The van der Waals surface area contributed by atoms with E-state index in [4.69, 9.17) is 0 Å². The van der Waals surface area contributed by atoms with Gasteiger partial charge in [-0.15, -0.1) is 0 Å². The molecule has 1 aromatic carbocycles. The van der Waals surface area contributed by atoms with E-state index in [1.807, 2.05) is 6.07 Å². The van der Waals surface area contributed by atoms with E-state index in [1.54, 1.807) is 0 Å². The summed E-state index contributed by atoms with van der Waals surface area (Å²) >= 11 is 0. The number of rotatable bonds is 4. The summed E-state index contributed by atoms with van der Waals surface area (Å²) in [5, 5.41) is 3.33. The molecule has 1 N–H and O–H groups in total. The fourth-order valence-corrected chi connectivity index (χ4v) is 3.41. The third kappa shape index (κ3) is 3.83. The molecule has 2 heterocycles. The molecule has 0 spiro atoms. The van der Waals surface area contributed by atoms with Crippen LogP contribution in [0, 0.1) is 0 Å². The molecule has 0 bridgehead atoms. The molecule has 1 aromatic rings. The van der Waals surface area contributed by atoms with E-state index in [0.29, 0.717) is 18.5 Å². The summed E-state index contributed by atoms with van der Waals surface area (Å²) in [6, 6.07) is 10.9. The third-order valence-electron chi connectivity index (χ3n) is 4.58. The van der Waals surface area contributed by atoms with Crippen LogP contribution in [0.15, 0.2) is 30.3 Å². The molecule has 2 fully saturated rings. The first kappa shape index (κ1) is 14.5. The Bertz CT molecular complexity index is 456. The Balaban J connectivity index is 1.56. The number of piperazine rings is 1. The van der Waals surface area contributed by atoms with Gasteiger partial charge in [-0.3, -0.25) is 9.69 Å². The highest BCUT2D eigenvalue weighted by molar-refractivity contribution is 5.79. The number of nitrogens with zero attached hydrogens (tertiary/aromatic N) is 2. The monoisotopic (exact) mass is 287 g/mol. The van der Waals surface area contributed by atoms with Crippen molar-refractivity contribution >= 4 is 5.91 Å². The predicted octanol–water partition coefficient (Wildman–Crippen LogP) is 1.13. The summed E-state index contributed by atoms with van der Waals surface area (Å²) in [6.45, 7) is 5.50. The highest BCUT2D eigenvalue weighted by Gasteiger charge is 2.29. The minimum atomic E-state index is 0.315. The summed E-state index contributed by atoms with van der Waals surface area (Å²) < 4.78 is 0. The summed E-state index contributed by atoms with van der Waals surface area (Å²) in [7, 11) is 0. The lowest BCUT2D eigenvalue weighted by atomic mass is 10.0. The molecule has 1 unspecified atom stereocenters. The molecule has 0 aromatic heterocycles. The average Bonchev–Trinajstić information content (AvgIpc) is 2.97. The Morgan fingerprint density at radius 2 is 1.90 bits per heavy atom. The quantitative estimate of drug-likeness (QED) is 0.901. The van der Waals surface area contributed by atoms with Crippen LogP contribution in [0.25, 0.3) is 0 Å². The second kappa shape index (κ2) is 7.05. The molecular formula is C17H25N3O. The van der Waals surface area contributed by atoms with Crippen molar-refractivity contribution in [3.05, 3.63) is 35.9 Å². The van der Waals surface area contributed by atoms with Crippen LogP contribution in [0.4, 0.5) is 0 Å². The third-order valence-corrected chi connectivity index (χ3v) is 4.58. The zero-order valence-electron chi connectivity index (χ0n) is 12.6. The lowest BCUT2D eigenvalue weighted by molar-refractivity contribution is -0.133. The predicted molar refractivity (Wildman–Crippen MR) is 84.2 cm³/mol. The normalized spacial score (nSPS) is 23.4. The number of nitrogens with one attached hydrogen (secondary N) is 1. The van der Waals surface area contributed by atoms with Gasteiger partial charge in [-0.25, -0.2) is 0 Å². The fraction of sp³-hybridized carbons (Fsp3) is 0.588. The number of hydrogen-bond acceptors (Lipinski definition) is 3. The van der Waals surface area contributed by atoms with Crippen LogP contribution in [-0.4, -0.2) is 61.0 Å². The van der Waals surface area contributed by atoms with Crippen LogP contribution in [0.5, 0.6) is 0 Å². The summed E-state index contributed by atoms with van der Waals surface area (Å²) in [5.74, 6) is 0.315. The highest BCUT2D eigenvalue weighted by Crippen LogP contribution is 2.21. The zero-order valence-corrected chi connectivity index (χ0v) is 12.6. The van der Waals surface area contributed by atoms with Crippen molar-refractivity contribution in [2.45, 2.75) is 25.3 Å². The summed E-state index contributed by atoms with van der Waals surface area (Å²) in [4.78, 5) is 17.0.